The molecule has 1 aliphatic rings. The second kappa shape index (κ2) is 3.89. The highest BCUT2D eigenvalue weighted by Crippen LogP contribution is 2.32. The van der Waals surface area contributed by atoms with Crippen molar-refractivity contribution in [2.45, 2.75) is 12.5 Å². The molecule has 0 saturated carbocycles. The van der Waals surface area contributed by atoms with Gasteiger partial charge in [0.1, 0.15) is 0 Å². The van der Waals surface area contributed by atoms with Crippen molar-refractivity contribution in [1.82, 2.24) is 10.3 Å². The molecule has 0 bridgehead atoms. The van der Waals surface area contributed by atoms with Gasteiger partial charge in [-0.05, 0) is 11.6 Å². The van der Waals surface area contributed by atoms with E-state index in [-0.39, 0.29) is 11.9 Å². The van der Waals surface area contributed by atoms with Gasteiger partial charge in [0.05, 0.1) is 13.0 Å². The van der Waals surface area contributed by atoms with E-state index in [1.54, 1.807) is 0 Å². The lowest BCUT2D eigenvalue weighted by Crippen LogP contribution is -2.32. The Morgan fingerprint density at radius 2 is 2.24 bits per heavy atom. The summed E-state index contributed by atoms with van der Waals surface area (Å²) in [6, 6.07) is 8.06. The number of carbonyl (C=O) groups is 1. The summed E-state index contributed by atoms with van der Waals surface area (Å²) < 4.78 is 4.87. The number of rotatable bonds is 1. The molecule has 2 heterocycles. The van der Waals surface area contributed by atoms with Gasteiger partial charge in [-0.1, -0.05) is 18.2 Å². The minimum Gasteiger partial charge on any atom is -0.469 e. The van der Waals surface area contributed by atoms with Crippen molar-refractivity contribution in [3.05, 3.63) is 35.5 Å². The topological polar surface area (TPSA) is 54.1 Å². The molecule has 0 unspecified atom stereocenters. The highest BCUT2D eigenvalue weighted by molar-refractivity contribution is 5.91. The molecule has 0 radical (unpaired) electrons. The standard InChI is InChI=1S/C13H14N2O2/c1-17-13(16)9-6-14-7-11-12(9)8-4-2-3-5-10(8)15-11/h2-5,9,14-15H,6-7H2,1H3/t9-/m1/s1. The molecule has 0 saturated heterocycles. The summed E-state index contributed by atoms with van der Waals surface area (Å²) >= 11 is 0. The highest BCUT2D eigenvalue weighted by Gasteiger charge is 2.30. The van der Waals surface area contributed by atoms with Crippen LogP contribution in [-0.2, 0) is 16.1 Å². The number of ether oxygens (including phenoxy) is 1. The number of esters is 1. The Labute approximate surface area is 99.0 Å². The van der Waals surface area contributed by atoms with E-state index in [1.807, 2.05) is 24.3 Å². The first-order valence-corrected chi connectivity index (χ1v) is 5.69. The van der Waals surface area contributed by atoms with Crippen molar-refractivity contribution in [1.29, 1.82) is 0 Å². The number of carbonyl (C=O) groups excluding carboxylic acids is 1. The van der Waals surface area contributed by atoms with E-state index in [4.69, 9.17) is 4.74 Å². The average Bonchev–Trinajstić information content (AvgIpc) is 2.76. The largest absolute Gasteiger partial charge is 0.469 e. The molecule has 1 aromatic carbocycles. The first kappa shape index (κ1) is 10.4. The number of nitrogens with one attached hydrogen (secondary N) is 2. The van der Waals surface area contributed by atoms with Crippen LogP contribution in [-0.4, -0.2) is 24.6 Å². The zero-order valence-electron chi connectivity index (χ0n) is 9.62. The quantitative estimate of drug-likeness (QED) is 0.730. The van der Waals surface area contributed by atoms with Gasteiger partial charge >= 0.3 is 5.97 Å². The van der Waals surface area contributed by atoms with Gasteiger partial charge in [0.2, 0.25) is 0 Å². The summed E-state index contributed by atoms with van der Waals surface area (Å²) in [6.07, 6.45) is 0. The van der Waals surface area contributed by atoms with Crippen LogP contribution in [0, 0.1) is 0 Å². The van der Waals surface area contributed by atoms with Crippen LogP contribution in [0.3, 0.4) is 0 Å². The van der Waals surface area contributed by atoms with Crippen molar-refractivity contribution in [3.8, 4) is 0 Å². The van der Waals surface area contributed by atoms with Crippen molar-refractivity contribution >= 4 is 16.9 Å². The van der Waals surface area contributed by atoms with Gasteiger partial charge < -0.3 is 15.0 Å². The maximum absolute atomic E-state index is 11.8. The number of fused-ring (bicyclic) bond motifs is 3. The van der Waals surface area contributed by atoms with Crippen LogP contribution in [0.2, 0.25) is 0 Å². The number of para-hydroxylation sites is 1. The maximum atomic E-state index is 11.8. The van der Waals surface area contributed by atoms with Crippen LogP contribution in [0.25, 0.3) is 10.9 Å². The summed E-state index contributed by atoms with van der Waals surface area (Å²) in [7, 11) is 1.44. The summed E-state index contributed by atoms with van der Waals surface area (Å²) in [6.45, 7) is 1.42. The van der Waals surface area contributed by atoms with E-state index in [9.17, 15) is 4.79 Å². The van der Waals surface area contributed by atoms with Gasteiger partial charge in [-0.2, -0.15) is 0 Å². The number of benzene rings is 1. The number of H-pyrrole nitrogens is 1. The van der Waals surface area contributed by atoms with Crippen molar-refractivity contribution < 1.29 is 9.53 Å². The smallest absolute Gasteiger partial charge is 0.314 e. The second-order valence-corrected chi connectivity index (χ2v) is 4.27. The monoisotopic (exact) mass is 230 g/mol. The Kier molecular flexibility index (Phi) is 2.37. The van der Waals surface area contributed by atoms with Crippen molar-refractivity contribution in [3.63, 3.8) is 0 Å². The molecule has 88 valence electrons. The molecule has 0 fully saturated rings. The summed E-state index contributed by atoms with van der Waals surface area (Å²) in [5, 5.41) is 4.36. The normalized spacial score (nSPS) is 19.0. The van der Waals surface area contributed by atoms with Crippen LogP contribution in [0.1, 0.15) is 17.2 Å². The molecule has 2 N–H and O–H groups in total. The van der Waals surface area contributed by atoms with E-state index in [2.05, 4.69) is 10.3 Å². The third-order valence-electron chi connectivity index (χ3n) is 3.31. The third kappa shape index (κ3) is 1.52. The Morgan fingerprint density at radius 1 is 1.41 bits per heavy atom. The third-order valence-corrected chi connectivity index (χ3v) is 3.31. The number of hydrogen-bond donors (Lipinski definition) is 2. The van der Waals surface area contributed by atoms with E-state index >= 15 is 0 Å². The van der Waals surface area contributed by atoms with E-state index < -0.39 is 0 Å². The van der Waals surface area contributed by atoms with E-state index in [0.717, 1.165) is 28.7 Å². The number of aromatic nitrogens is 1. The molecule has 0 aliphatic carbocycles. The molecule has 4 heteroatoms. The molecule has 3 rings (SSSR count). The number of hydrogen-bond acceptors (Lipinski definition) is 3. The Morgan fingerprint density at radius 3 is 3.06 bits per heavy atom. The fourth-order valence-electron chi connectivity index (χ4n) is 2.54. The first-order chi connectivity index (χ1) is 8.31. The maximum Gasteiger partial charge on any atom is 0.314 e. The Balaban J connectivity index is 2.20. The lowest BCUT2D eigenvalue weighted by Gasteiger charge is -2.21. The predicted molar refractivity (Wildman–Crippen MR) is 64.8 cm³/mol. The summed E-state index contributed by atoms with van der Waals surface area (Å²) in [4.78, 5) is 15.1. The van der Waals surface area contributed by atoms with Crippen LogP contribution >= 0.6 is 0 Å². The first-order valence-electron chi connectivity index (χ1n) is 5.69. The van der Waals surface area contributed by atoms with Crippen LogP contribution in [0.15, 0.2) is 24.3 Å². The minimum atomic E-state index is -0.208. The minimum absolute atomic E-state index is 0.178. The summed E-state index contributed by atoms with van der Waals surface area (Å²) in [5.74, 6) is -0.386. The van der Waals surface area contributed by atoms with Gasteiger partial charge in [-0.3, -0.25) is 4.79 Å². The second-order valence-electron chi connectivity index (χ2n) is 4.27. The van der Waals surface area contributed by atoms with Crippen molar-refractivity contribution in [2.24, 2.45) is 0 Å². The van der Waals surface area contributed by atoms with Gasteiger partial charge in [-0.15, -0.1) is 0 Å². The highest BCUT2D eigenvalue weighted by atomic mass is 16.5. The molecule has 17 heavy (non-hydrogen) atoms. The number of methoxy groups -OCH3 is 1. The lowest BCUT2D eigenvalue weighted by atomic mass is 9.93. The molecule has 2 aromatic rings. The van der Waals surface area contributed by atoms with Gasteiger partial charge in [0, 0.05) is 29.7 Å². The molecular formula is C13H14N2O2. The SMILES string of the molecule is COC(=O)[C@@H]1CNCc2[nH]c3ccccc3c21. The molecule has 0 spiro atoms. The van der Waals surface area contributed by atoms with Crippen LogP contribution in [0.4, 0.5) is 0 Å². The van der Waals surface area contributed by atoms with Gasteiger partial charge in [0.15, 0.2) is 0 Å². The van der Waals surface area contributed by atoms with Gasteiger partial charge in [0.25, 0.3) is 0 Å². The van der Waals surface area contributed by atoms with Crippen molar-refractivity contribution in [2.75, 3.05) is 13.7 Å². The molecule has 4 nitrogen and oxygen atoms in total. The zero-order chi connectivity index (χ0) is 11.8. The summed E-state index contributed by atoms with van der Waals surface area (Å²) in [5.41, 5.74) is 3.26. The zero-order valence-corrected chi connectivity index (χ0v) is 9.62. The van der Waals surface area contributed by atoms with E-state index in [1.165, 1.54) is 7.11 Å². The van der Waals surface area contributed by atoms with Gasteiger partial charge in [-0.25, -0.2) is 0 Å². The molecule has 1 aromatic heterocycles. The Bertz CT molecular complexity index is 574. The molecule has 1 atom stereocenters. The molecule has 0 amide bonds. The molecule has 1 aliphatic heterocycles. The van der Waals surface area contributed by atoms with Crippen LogP contribution in [0.5, 0.6) is 0 Å². The fourth-order valence-corrected chi connectivity index (χ4v) is 2.54. The Hall–Kier alpha value is -1.81. The van der Waals surface area contributed by atoms with E-state index in [0.29, 0.717) is 6.54 Å². The lowest BCUT2D eigenvalue weighted by molar-refractivity contribution is -0.142. The fraction of sp³-hybridized carbons (Fsp3) is 0.308. The predicted octanol–water partition coefficient (Wildman–Crippen LogP) is 1.53. The van der Waals surface area contributed by atoms with Crippen LogP contribution < -0.4 is 5.32 Å². The molecular weight excluding hydrogens is 216 g/mol. The number of aromatic amines is 1. The average molecular weight is 230 g/mol.